The van der Waals surface area contributed by atoms with Crippen molar-refractivity contribution in [3.05, 3.63) is 29.3 Å². The van der Waals surface area contributed by atoms with Crippen molar-refractivity contribution >= 4 is 11.8 Å². The Labute approximate surface area is 150 Å². The molecule has 5 heteroatoms. The number of piperazine rings is 1. The fourth-order valence-electron chi connectivity index (χ4n) is 3.11. The van der Waals surface area contributed by atoms with Gasteiger partial charge in [-0.3, -0.25) is 9.59 Å². The minimum atomic E-state index is -0.00371. The molecule has 1 saturated heterocycles. The Morgan fingerprint density at radius 1 is 1.04 bits per heavy atom. The standard InChI is InChI=1S/C20H30N2O3/c1-15-12-16(6-7-17(15)25-5)13-18(23)21-8-10-22(11-9-21)19(24)14-20(2,3)4/h6-7,12H,8-11,13-14H2,1-5H3. The molecule has 2 amide bonds. The zero-order valence-corrected chi connectivity index (χ0v) is 16.1. The molecule has 0 radical (unpaired) electrons. The molecule has 0 spiro atoms. The molecular formula is C20H30N2O3. The summed E-state index contributed by atoms with van der Waals surface area (Å²) in [5.41, 5.74) is 2.02. The summed E-state index contributed by atoms with van der Waals surface area (Å²) in [4.78, 5) is 28.6. The monoisotopic (exact) mass is 346 g/mol. The second kappa shape index (κ2) is 7.89. The van der Waals surface area contributed by atoms with Gasteiger partial charge in [0, 0.05) is 32.6 Å². The quantitative estimate of drug-likeness (QED) is 0.842. The van der Waals surface area contributed by atoms with Gasteiger partial charge in [-0.1, -0.05) is 32.9 Å². The molecule has 5 nitrogen and oxygen atoms in total. The van der Waals surface area contributed by atoms with Gasteiger partial charge in [0.2, 0.25) is 11.8 Å². The van der Waals surface area contributed by atoms with Crippen LogP contribution in [-0.2, 0) is 16.0 Å². The van der Waals surface area contributed by atoms with Crippen LogP contribution >= 0.6 is 0 Å². The van der Waals surface area contributed by atoms with Gasteiger partial charge in [-0.15, -0.1) is 0 Å². The molecular weight excluding hydrogens is 316 g/mol. The molecule has 2 rings (SSSR count). The molecule has 1 aliphatic heterocycles. The maximum absolute atomic E-state index is 12.5. The summed E-state index contributed by atoms with van der Waals surface area (Å²) < 4.78 is 5.26. The summed E-state index contributed by atoms with van der Waals surface area (Å²) in [5.74, 6) is 1.14. The van der Waals surface area contributed by atoms with Gasteiger partial charge in [0.1, 0.15) is 5.75 Å². The van der Waals surface area contributed by atoms with Crippen LogP contribution in [0.4, 0.5) is 0 Å². The Morgan fingerprint density at radius 2 is 1.60 bits per heavy atom. The van der Waals surface area contributed by atoms with Crippen molar-refractivity contribution in [1.29, 1.82) is 0 Å². The van der Waals surface area contributed by atoms with Crippen LogP contribution in [0.25, 0.3) is 0 Å². The van der Waals surface area contributed by atoms with Gasteiger partial charge in [0.25, 0.3) is 0 Å². The second-order valence-electron chi connectivity index (χ2n) is 7.98. The average molecular weight is 346 g/mol. The first-order valence-electron chi connectivity index (χ1n) is 8.88. The van der Waals surface area contributed by atoms with E-state index in [1.165, 1.54) is 0 Å². The molecule has 0 N–H and O–H groups in total. The van der Waals surface area contributed by atoms with Crippen LogP contribution in [-0.4, -0.2) is 54.9 Å². The topological polar surface area (TPSA) is 49.9 Å². The van der Waals surface area contributed by atoms with Gasteiger partial charge in [-0.05, 0) is 29.5 Å². The minimum Gasteiger partial charge on any atom is -0.496 e. The van der Waals surface area contributed by atoms with E-state index in [2.05, 4.69) is 20.8 Å². The van der Waals surface area contributed by atoms with Crippen molar-refractivity contribution in [1.82, 2.24) is 9.80 Å². The first kappa shape index (κ1) is 19.3. The van der Waals surface area contributed by atoms with E-state index in [9.17, 15) is 9.59 Å². The third-order valence-electron chi connectivity index (χ3n) is 4.48. The number of methoxy groups -OCH3 is 1. The highest BCUT2D eigenvalue weighted by molar-refractivity contribution is 5.80. The number of ether oxygens (including phenoxy) is 1. The number of carbonyl (C=O) groups excluding carboxylic acids is 2. The van der Waals surface area contributed by atoms with Crippen LogP contribution in [0.1, 0.15) is 38.3 Å². The number of hydrogen-bond acceptors (Lipinski definition) is 3. The predicted molar refractivity (Wildman–Crippen MR) is 98.7 cm³/mol. The second-order valence-corrected chi connectivity index (χ2v) is 7.98. The smallest absolute Gasteiger partial charge is 0.227 e. The molecule has 0 saturated carbocycles. The number of rotatable bonds is 4. The van der Waals surface area contributed by atoms with Gasteiger partial charge in [-0.2, -0.15) is 0 Å². The summed E-state index contributed by atoms with van der Waals surface area (Å²) in [6.07, 6.45) is 0.937. The van der Waals surface area contributed by atoms with Gasteiger partial charge >= 0.3 is 0 Å². The van der Waals surface area contributed by atoms with E-state index in [-0.39, 0.29) is 17.2 Å². The highest BCUT2D eigenvalue weighted by Gasteiger charge is 2.26. The fourth-order valence-corrected chi connectivity index (χ4v) is 3.11. The highest BCUT2D eigenvalue weighted by atomic mass is 16.5. The Kier molecular flexibility index (Phi) is 6.09. The number of nitrogens with zero attached hydrogens (tertiary/aromatic N) is 2. The van der Waals surface area contributed by atoms with E-state index >= 15 is 0 Å². The lowest BCUT2D eigenvalue weighted by Crippen LogP contribution is -2.51. The molecule has 0 unspecified atom stereocenters. The molecule has 0 aliphatic carbocycles. The number of carbonyl (C=O) groups is 2. The Bertz CT molecular complexity index is 626. The van der Waals surface area contributed by atoms with Gasteiger partial charge in [-0.25, -0.2) is 0 Å². The van der Waals surface area contributed by atoms with Crippen molar-refractivity contribution < 1.29 is 14.3 Å². The highest BCUT2D eigenvalue weighted by Crippen LogP contribution is 2.21. The van der Waals surface area contributed by atoms with E-state index in [0.717, 1.165) is 16.9 Å². The molecule has 1 aromatic carbocycles. The molecule has 25 heavy (non-hydrogen) atoms. The summed E-state index contributed by atoms with van der Waals surface area (Å²) in [7, 11) is 1.65. The molecule has 138 valence electrons. The Morgan fingerprint density at radius 3 is 2.08 bits per heavy atom. The first-order valence-corrected chi connectivity index (χ1v) is 8.88. The number of benzene rings is 1. The molecule has 0 atom stereocenters. The number of hydrogen-bond donors (Lipinski definition) is 0. The molecule has 0 bridgehead atoms. The Balaban J connectivity index is 1.87. The SMILES string of the molecule is COc1ccc(CC(=O)N2CCN(C(=O)CC(C)(C)C)CC2)cc1C. The third kappa shape index (κ3) is 5.48. The van der Waals surface area contributed by atoms with Crippen molar-refractivity contribution in [3.8, 4) is 5.75 Å². The lowest BCUT2D eigenvalue weighted by atomic mass is 9.91. The van der Waals surface area contributed by atoms with Crippen LogP contribution < -0.4 is 4.74 Å². The zero-order chi connectivity index (χ0) is 18.6. The van der Waals surface area contributed by atoms with Crippen molar-refractivity contribution in [2.75, 3.05) is 33.3 Å². The van der Waals surface area contributed by atoms with Crippen LogP contribution in [0.5, 0.6) is 5.75 Å². The van der Waals surface area contributed by atoms with Crippen LogP contribution in [0, 0.1) is 12.3 Å². The van der Waals surface area contributed by atoms with Gasteiger partial charge in [0.05, 0.1) is 13.5 Å². The molecule has 1 fully saturated rings. The summed E-state index contributed by atoms with van der Waals surface area (Å²) in [5, 5.41) is 0. The van der Waals surface area contributed by atoms with Crippen molar-refractivity contribution in [2.45, 2.75) is 40.5 Å². The van der Waals surface area contributed by atoms with E-state index < -0.39 is 0 Å². The van der Waals surface area contributed by atoms with E-state index in [1.807, 2.05) is 34.9 Å². The lowest BCUT2D eigenvalue weighted by Gasteiger charge is -2.36. The van der Waals surface area contributed by atoms with E-state index in [1.54, 1.807) is 7.11 Å². The third-order valence-corrected chi connectivity index (χ3v) is 4.48. The van der Waals surface area contributed by atoms with E-state index in [4.69, 9.17) is 4.74 Å². The van der Waals surface area contributed by atoms with Crippen LogP contribution in [0.3, 0.4) is 0 Å². The maximum atomic E-state index is 12.5. The molecule has 1 aliphatic rings. The fraction of sp³-hybridized carbons (Fsp3) is 0.600. The largest absolute Gasteiger partial charge is 0.496 e. The summed E-state index contributed by atoms with van der Waals surface area (Å²) in [6.45, 7) is 10.7. The summed E-state index contributed by atoms with van der Waals surface area (Å²) in [6, 6.07) is 5.84. The van der Waals surface area contributed by atoms with Crippen LogP contribution in [0.15, 0.2) is 18.2 Å². The molecule has 0 aromatic heterocycles. The predicted octanol–water partition coefficient (Wildman–Crippen LogP) is 2.65. The van der Waals surface area contributed by atoms with Crippen molar-refractivity contribution in [2.24, 2.45) is 5.41 Å². The number of aryl methyl sites for hydroxylation is 1. The van der Waals surface area contributed by atoms with Gasteiger partial charge in [0.15, 0.2) is 0 Å². The Hall–Kier alpha value is -2.04. The van der Waals surface area contributed by atoms with Gasteiger partial charge < -0.3 is 14.5 Å². The van der Waals surface area contributed by atoms with Crippen molar-refractivity contribution in [3.63, 3.8) is 0 Å². The number of amides is 2. The average Bonchev–Trinajstić information content (AvgIpc) is 2.53. The normalized spacial score (nSPS) is 15.2. The minimum absolute atomic E-state index is 0.00371. The molecule has 1 heterocycles. The van der Waals surface area contributed by atoms with E-state index in [0.29, 0.717) is 39.0 Å². The first-order chi connectivity index (χ1) is 11.7. The maximum Gasteiger partial charge on any atom is 0.227 e. The summed E-state index contributed by atoms with van der Waals surface area (Å²) >= 11 is 0. The lowest BCUT2D eigenvalue weighted by molar-refractivity contribution is -0.140. The molecule has 1 aromatic rings. The van der Waals surface area contributed by atoms with Crippen LogP contribution in [0.2, 0.25) is 0 Å². The zero-order valence-electron chi connectivity index (χ0n) is 16.1.